The maximum Gasteiger partial charge on any atom is 0.0445 e. The Bertz CT molecular complexity index is 149. The Morgan fingerprint density at radius 3 is 2.71 bits per heavy atom. The number of rotatable bonds is 5. The Kier molecular flexibility index (Phi) is 5.49. The fraction of sp³-hybridized carbons (Fsp3) is 1.00. The Hall–Kier alpha value is -0.0800. The molecule has 0 radical (unpaired) electrons. The summed E-state index contributed by atoms with van der Waals surface area (Å²) in [7, 11) is 0. The van der Waals surface area contributed by atoms with E-state index in [1.165, 1.54) is 25.7 Å². The molecule has 0 saturated heterocycles. The first-order valence-corrected chi connectivity index (χ1v) is 6.08. The lowest BCUT2D eigenvalue weighted by Crippen LogP contribution is -2.35. The summed E-state index contributed by atoms with van der Waals surface area (Å²) in [5.41, 5.74) is 0. The maximum atomic E-state index is 8.79. The molecule has 0 spiro atoms. The molecule has 0 aromatic rings. The summed E-state index contributed by atoms with van der Waals surface area (Å²) in [6, 6.07) is 0.467. The molecule has 2 N–H and O–H groups in total. The van der Waals surface area contributed by atoms with Crippen LogP contribution in [0.25, 0.3) is 0 Å². The highest BCUT2D eigenvalue weighted by Gasteiger charge is 2.21. The first kappa shape index (κ1) is 12.0. The highest BCUT2D eigenvalue weighted by molar-refractivity contribution is 4.75. The molecule has 1 aliphatic rings. The topological polar surface area (TPSA) is 32.3 Å². The van der Waals surface area contributed by atoms with Crippen LogP contribution in [0.2, 0.25) is 0 Å². The van der Waals surface area contributed by atoms with E-state index in [0.29, 0.717) is 12.6 Å². The van der Waals surface area contributed by atoms with Crippen LogP contribution in [0.15, 0.2) is 0 Å². The van der Waals surface area contributed by atoms with E-state index in [0.717, 1.165) is 24.8 Å². The van der Waals surface area contributed by atoms with Crippen LogP contribution >= 0.6 is 0 Å². The first-order valence-electron chi connectivity index (χ1n) is 6.08. The molecule has 0 heterocycles. The molecule has 1 fully saturated rings. The average Bonchev–Trinajstić information content (AvgIpc) is 2.17. The fourth-order valence-electron chi connectivity index (χ4n) is 2.34. The van der Waals surface area contributed by atoms with Crippen LogP contribution in [0.3, 0.4) is 0 Å². The Balaban J connectivity index is 2.15. The third-order valence-electron chi connectivity index (χ3n) is 3.58. The molecule has 84 valence electrons. The van der Waals surface area contributed by atoms with Gasteiger partial charge in [-0.05, 0) is 38.1 Å². The molecule has 1 saturated carbocycles. The predicted molar refractivity (Wildman–Crippen MR) is 60.3 cm³/mol. The molecule has 14 heavy (non-hydrogen) atoms. The Morgan fingerprint density at radius 1 is 1.36 bits per heavy atom. The number of aliphatic hydroxyl groups excluding tert-OH is 1. The summed E-state index contributed by atoms with van der Waals surface area (Å²) in [4.78, 5) is 0. The smallest absolute Gasteiger partial charge is 0.0445 e. The van der Waals surface area contributed by atoms with Gasteiger partial charge in [-0.15, -0.1) is 0 Å². The lowest BCUT2D eigenvalue weighted by atomic mass is 9.80. The minimum Gasteiger partial charge on any atom is -0.396 e. The average molecular weight is 199 g/mol. The molecule has 3 atom stereocenters. The van der Waals surface area contributed by atoms with Gasteiger partial charge in [0.15, 0.2) is 0 Å². The second-order valence-electron chi connectivity index (χ2n) is 4.84. The molecule has 2 unspecified atom stereocenters. The standard InChI is InChI=1S/C12H25NO/c1-10-5-3-4-6-12(10)9-13-11(2)7-8-14/h10-14H,3-9H2,1-2H3/t10?,11-,12?/m1/s1. The van der Waals surface area contributed by atoms with Gasteiger partial charge in [-0.1, -0.05) is 26.2 Å². The van der Waals surface area contributed by atoms with Crippen molar-refractivity contribution in [2.75, 3.05) is 13.2 Å². The third-order valence-corrected chi connectivity index (χ3v) is 3.58. The second kappa shape index (κ2) is 6.41. The van der Waals surface area contributed by atoms with E-state index in [-0.39, 0.29) is 0 Å². The van der Waals surface area contributed by atoms with Crippen LogP contribution in [-0.4, -0.2) is 24.3 Å². The van der Waals surface area contributed by atoms with E-state index in [2.05, 4.69) is 19.2 Å². The van der Waals surface area contributed by atoms with Crippen molar-refractivity contribution in [1.29, 1.82) is 0 Å². The number of hydrogen-bond acceptors (Lipinski definition) is 2. The molecular formula is C12H25NO. The highest BCUT2D eigenvalue weighted by Crippen LogP contribution is 2.28. The summed E-state index contributed by atoms with van der Waals surface area (Å²) in [5, 5.41) is 12.3. The fourth-order valence-corrected chi connectivity index (χ4v) is 2.34. The van der Waals surface area contributed by atoms with Crippen molar-refractivity contribution in [3.63, 3.8) is 0 Å². The summed E-state index contributed by atoms with van der Waals surface area (Å²) in [6.07, 6.45) is 6.50. The van der Waals surface area contributed by atoms with Crippen molar-refractivity contribution in [2.24, 2.45) is 11.8 Å². The summed E-state index contributed by atoms with van der Waals surface area (Å²) in [6.45, 7) is 5.97. The van der Waals surface area contributed by atoms with E-state index in [4.69, 9.17) is 5.11 Å². The van der Waals surface area contributed by atoms with Gasteiger partial charge < -0.3 is 10.4 Å². The van der Waals surface area contributed by atoms with Gasteiger partial charge in [0.25, 0.3) is 0 Å². The van der Waals surface area contributed by atoms with Gasteiger partial charge >= 0.3 is 0 Å². The lowest BCUT2D eigenvalue weighted by Gasteiger charge is -2.30. The van der Waals surface area contributed by atoms with E-state index < -0.39 is 0 Å². The van der Waals surface area contributed by atoms with Crippen LogP contribution in [0.1, 0.15) is 46.0 Å². The minimum absolute atomic E-state index is 0.300. The quantitative estimate of drug-likeness (QED) is 0.711. The zero-order valence-electron chi connectivity index (χ0n) is 9.63. The molecular weight excluding hydrogens is 174 g/mol. The molecule has 0 bridgehead atoms. The molecule has 0 aliphatic heterocycles. The zero-order chi connectivity index (χ0) is 10.4. The first-order chi connectivity index (χ1) is 6.74. The molecule has 1 aliphatic carbocycles. The molecule has 2 nitrogen and oxygen atoms in total. The third kappa shape index (κ3) is 3.97. The highest BCUT2D eigenvalue weighted by atomic mass is 16.3. The van der Waals surface area contributed by atoms with Crippen LogP contribution in [0.4, 0.5) is 0 Å². The van der Waals surface area contributed by atoms with Crippen LogP contribution in [0.5, 0.6) is 0 Å². The minimum atomic E-state index is 0.300. The second-order valence-corrected chi connectivity index (χ2v) is 4.84. The lowest BCUT2D eigenvalue weighted by molar-refractivity contribution is 0.228. The zero-order valence-corrected chi connectivity index (χ0v) is 9.63. The molecule has 0 aromatic heterocycles. The molecule has 0 aromatic carbocycles. The van der Waals surface area contributed by atoms with E-state index in [1.807, 2.05) is 0 Å². The van der Waals surface area contributed by atoms with E-state index in [1.54, 1.807) is 0 Å². The summed E-state index contributed by atoms with van der Waals surface area (Å²) >= 11 is 0. The normalized spacial score (nSPS) is 30.2. The summed E-state index contributed by atoms with van der Waals surface area (Å²) < 4.78 is 0. The number of aliphatic hydroxyl groups is 1. The summed E-state index contributed by atoms with van der Waals surface area (Å²) in [5.74, 6) is 1.75. The van der Waals surface area contributed by atoms with Crippen LogP contribution < -0.4 is 5.32 Å². The van der Waals surface area contributed by atoms with Gasteiger partial charge in [0, 0.05) is 12.6 Å². The number of hydrogen-bond donors (Lipinski definition) is 2. The van der Waals surface area contributed by atoms with E-state index >= 15 is 0 Å². The van der Waals surface area contributed by atoms with Gasteiger partial charge in [-0.25, -0.2) is 0 Å². The Labute approximate surface area is 88.1 Å². The predicted octanol–water partition coefficient (Wildman–Crippen LogP) is 2.17. The van der Waals surface area contributed by atoms with Crippen molar-refractivity contribution < 1.29 is 5.11 Å². The van der Waals surface area contributed by atoms with Gasteiger partial charge in [0.1, 0.15) is 0 Å². The van der Waals surface area contributed by atoms with Gasteiger partial charge in [-0.3, -0.25) is 0 Å². The largest absolute Gasteiger partial charge is 0.396 e. The van der Waals surface area contributed by atoms with Gasteiger partial charge in [0.05, 0.1) is 0 Å². The van der Waals surface area contributed by atoms with Crippen LogP contribution in [0, 0.1) is 11.8 Å². The maximum absolute atomic E-state index is 8.79. The van der Waals surface area contributed by atoms with Gasteiger partial charge in [-0.2, -0.15) is 0 Å². The molecule has 1 rings (SSSR count). The molecule has 2 heteroatoms. The SMILES string of the molecule is CC1CCCCC1CN[C@H](C)CCO. The van der Waals surface area contributed by atoms with Crippen molar-refractivity contribution in [1.82, 2.24) is 5.32 Å². The van der Waals surface area contributed by atoms with E-state index in [9.17, 15) is 0 Å². The van der Waals surface area contributed by atoms with Crippen molar-refractivity contribution in [3.05, 3.63) is 0 Å². The Morgan fingerprint density at radius 2 is 2.07 bits per heavy atom. The molecule has 0 amide bonds. The van der Waals surface area contributed by atoms with Gasteiger partial charge in [0.2, 0.25) is 0 Å². The number of nitrogens with one attached hydrogen (secondary N) is 1. The van der Waals surface area contributed by atoms with Crippen molar-refractivity contribution in [3.8, 4) is 0 Å². The van der Waals surface area contributed by atoms with Crippen LogP contribution in [-0.2, 0) is 0 Å². The van der Waals surface area contributed by atoms with Crippen molar-refractivity contribution in [2.45, 2.75) is 52.0 Å². The van der Waals surface area contributed by atoms with Crippen molar-refractivity contribution >= 4 is 0 Å². The monoisotopic (exact) mass is 199 g/mol.